The van der Waals surface area contributed by atoms with Crippen LogP contribution in [0.2, 0.25) is 0 Å². The van der Waals surface area contributed by atoms with Crippen LogP contribution in [-0.2, 0) is 87.7 Å². The smallest absolute Gasteiger partial charge is 0.429 e. The quantitative estimate of drug-likeness (QED) is 0.0234. The molecule has 106 heavy (non-hydrogen) atoms. The Balaban J connectivity index is 1.03. The average molecular weight is 1510 g/mol. The van der Waals surface area contributed by atoms with Gasteiger partial charge in [0, 0.05) is 54.6 Å². The number of alkyl halides is 2. The third-order valence-electron chi connectivity index (χ3n) is 19.8. The minimum absolute atomic E-state index is 0.0175. The summed E-state index contributed by atoms with van der Waals surface area (Å²) in [5.74, 6) is -7.48. The number of nitrogens with one attached hydrogen (secondary N) is 6. The lowest BCUT2D eigenvalue weighted by Crippen LogP contribution is -2.65. The molecule has 6 rings (SSSR count). The summed E-state index contributed by atoms with van der Waals surface area (Å²) in [6.45, 7) is 7.99. The van der Waals surface area contributed by atoms with Gasteiger partial charge in [-0.25, -0.2) is 18.4 Å². The number of urea groups is 1. The van der Waals surface area contributed by atoms with Crippen molar-refractivity contribution >= 4 is 70.8 Å². The van der Waals surface area contributed by atoms with Gasteiger partial charge in [0.1, 0.15) is 54.9 Å². The molecular weight excluding hydrogens is 1400 g/mol. The molecule has 1 saturated heterocycles. The fourth-order valence-electron chi connectivity index (χ4n) is 13.7. The lowest BCUT2D eigenvalue weighted by atomic mass is 9.51. The second-order valence-corrected chi connectivity index (χ2v) is 27.5. The van der Waals surface area contributed by atoms with Crippen molar-refractivity contribution in [1.29, 1.82) is 0 Å². The van der Waals surface area contributed by atoms with Crippen molar-refractivity contribution in [3.8, 4) is 0 Å². The Bertz CT molecular complexity index is 3280. The minimum Gasteiger partial charge on any atom is -0.429 e. The van der Waals surface area contributed by atoms with Crippen LogP contribution in [0.15, 0.2) is 60.2 Å². The molecule has 1 aromatic rings. The van der Waals surface area contributed by atoms with E-state index < -0.39 is 205 Å². The van der Waals surface area contributed by atoms with E-state index in [0.29, 0.717) is 18.4 Å². The summed E-state index contributed by atoms with van der Waals surface area (Å²) < 4.78 is 78.8. The minimum atomic E-state index is -2.48. The van der Waals surface area contributed by atoms with E-state index in [4.69, 9.17) is 48.7 Å². The van der Waals surface area contributed by atoms with Gasteiger partial charge in [0.25, 0.3) is 11.8 Å². The van der Waals surface area contributed by atoms with Gasteiger partial charge >= 0.3 is 12.2 Å². The van der Waals surface area contributed by atoms with Crippen LogP contribution in [0.25, 0.3) is 0 Å². The second kappa shape index (κ2) is 40.9. The molecule has 0 bridgehead atoms. The summed E-state index contributed by atoms with van der Waals surface area (Å²) in [6, 6.07) is 0.779. The first kappa shape index (κ1) is 87.1. The Morgan fingerprint density at radius 3 is 1.98 bits per heavy atom. The van der Waals surface area contributed by atoms with Gasteiger partial charge in [-0.05, 0) is 106 Å². The number of carbonyl (C=O) groups excluding carboxylic acids is 11. The Morgan fingerprint density at radius 1 is 0.745 bits per heavy atom. The molecule has 33 nitrogen and oxygen atoms in total. The topological polar surface area (TPSA) is 484 Å². The predicted octanol–water partition coefficient (Wildman–Crippen LogP) is 0.109. The summed E-state index contributed by atoms with van der Waals surface area (Å²) in [5, 5.41) is 76.5. The van der Waals surface area contributed by atoms with Crippen molar-refractivity contribution in [1.82, 2.24) is 31.5 Å². The summed E-state index contributed by atoms with van der Waals surface area (Å²) in [7, 11) is 0. The Morgan fingerprint density at radius 2 is 1.37 bits per heavy atom. The van der Waals surface area contributed by atoms with Crippen molar-refractivity contribution in [2.75, 3.05) is 91.0 Å². The van der Waals surface area contributed by atoms with Crippen molar-refractivity contribution in [2.24, 2.45) is 28.4 Å². The molecule has 9 amide bonds. The maximum absolute atomic E-state index is 17.9. The van der Waals surface area contributed by atoms with E-state index in [9.17, 15) is 78.3 Å². The van der Waals surface area contributed by atoms with Crippen LogP contribution in [0.1, 0.15) is 118 Å². The van der Waals surface area contributed by atoms with E-state index in [1.807, 2.05) is 6.92 Å². The standard InChI is InChI=1S/C71H104F2N8O25/c1-7-10-59-105-54-33-43-35-70(73,68(5)22-20-45(83)34-46(68)47(72)8-2)52(86)36-69(43,6)71(54,106-59)53(87)40-104-67(98)103-39-42-12-14-44(15-13-42)77-63(94)48(11-9-23-75-66(74)97)79-65(96)60(41(3)4)80-64(95)49(16-17-55(88)76-37-50(84)61(92)62(93)51(85)38-82)78-56(89)21-25-99-27-29-101-31-32-102-30-28-100-26-24-81-57(90)18-19-58(81)91/h12-15,18-20,22,34,41,43,47-52,54,59-62,82,84-86,92-93H,7-11,16-17,21,23-33,35-40H2,1-6H3,(H,76,88)(H,77,94)(H,78,89)(H,79,96)(H,80,95)(H3,74,75,97)/t43-,47-,48-,49+,50-,51+,52-,54+,59?,60-,61+,62+,68-,69-,70-,71+/m0/s1. The highest BCUT2D eigenvalue weighted by molar-refractivity contribution is 6.13. The van der Waals surface area contributed by atoms with Crippen molar-refractivity contribution in [2.45, 2.75) is 197 Å². The molecule has 1 aromatic carbocycles. The second-order valence-electron chi connectivity index (χ2n) is 27.5. The van der Waals surface area contributed by atoms with Gasteiger partial charge in [-0.1, -0.05) is 59.2 Å². The van der Waals surface area contributed by atoms with Crippen LogP contribution in [0.5, 0.6) is 0 Å². The number of ketones is 2. The molecule has 5 aliphatic rings. The summed E-state index contributed by atoms with van der Waals surface area (Å²) in [4.78, 5) is 145. The average Bonchev–Trinajstić information content (AvgIpc) is 1.49. The molecule has 0 aromatic heterocycles. The van der Waals surface area contributed by atoms with E-state index in [0.717, 1.165) is 17.1 Å². The molecule has 14 N–H and O–H groups in total. The number of primary amides is 1. The van der Waals surface area contributed by atoms with Crippen molar-refractivity contribution in [3.05, 3.63) is 65.8 Å². The highest BCUT2D eigenvalue weighted by Crippen LogP contribution is 2.68. The highest BCUT2D eigenvalue weighted by Gasteiger charge is 2.76. The number of halogens is 2. The number of nitrogens with two attached hydrogens (primary N) is 1. The Kier molecular flexibility index (Phi) is 33.6. The van der Waals surface area contributed by atoms with Gasteiger partial charge in [-0.3, -0.25) is 48.1 Å². The first-order valence-electron chi connectivity index (χ1n) is 35.7. The first-order valence-corrected chi connectivity index (χ1v) is 35.7. The highest BCUT2D eigenvalue weighted by atomic mass is 19.1. The van der Waals surface area contributed by atoms with Crippen LogP contribution >= 0.6 is 0 Å². The number of ether oxygens (including phenoxy) is 8. The molecule has 2 aliphatic heterocycles. The first-order chi connectivity index (χ1) is 50.3. The number of imide groups is 1. The zero-order chi connectivity index (χ0) is 78.1. The molecule has 3 aliphatic carbocycles. The Labute approximate surface area is 612 Å². The lowest BCUT2D eigenvalue weighted by molar-refractivity contribution is -0.205. The van der Waals surface area contributed by atoms with Crippen molar-refractivity contribution < 1.29 is 130 Å². The van der Waals surface area contributed by atoms with Gasteiger partial charge in [0.05, 0.1) is 84.3 Å². The third-order valence-corrected chi connectivity index (χ3v) is 19.8. The number of Topliss-reactive ketones (excluding diaryl/α,β-unsaturated/α-hetero) is 1. The van der Waals surface area contributed by atoms with E-state index in [1.54, 1.807) is 27.7 Å². The zero-order valence-electron chi connectivity index (χ0n) is 60.6. The van der Waals surface area contributed by atoms with Crippen LogP contribution in [0.3, 0.4) is 0 Å². The number of aliphatic hydroxyl groups is 6. The van der Waals surface area contributed by atoms with Gasteiger partial charge in [-0.2, -0.15) is 0 Å². The molecule has 35 heteroatoms. The summed E-state index contributed by atoms with van der Waals surface area (Å²) in [6.07, 6.45) is -8.99. The number of nitrogens with zero attached hydrogens (tertiary/aromatic N) is 1. The number of aliphatic hydroxyl groups excluding tert-OH is 6. The number of anilines is 1. The van der Waals surface area contributed by atoms with E-state index >= 15 is 8.78 Å². The maximum Gasteiger partial charge on any atom is 0.509 e. The van der Waals surface area contributed by atoms with Gasteiger partial charge < -0.3 is 106 Å². The molecule has 0 radical (unpaired) electrons. The molecule has 16 atom stereocenters. The lowest BCUT2D eigenvalue weighted by Gasteiger charge is -2.56. The van der Waals surface area contributed by atoms with E-state index in [-0.39, 0.29) is 122 Å². The molecule has 3 fully saturated rings. The number of allylic oxidation sites excluding steroid dienone is 4. The van der Waals surface area contributed by atoms with Gasteiger partial charge in [0.15, 0.2) is 24.3 Å². The van der Waals surface area contributed by atoms with E-state index in [1.165, 1.54) is 49.4 Å². The molecular formula is C71H104F2N8O25. The van der Waals surface area contributed by atoms with Gasteiger partial charge in [0.2, 0.25) is 35.3 Å². The molecule has 1 unspecified atom stereocenters. The number of fused-ring (bicyclic) bond motifs is 3. The molecule has 0 spiro atoms. The number of rotatable bonds is 46. The third kappa shape index (κ3) is 22.9. The van der Waals surface area contributed by atoms with Crippen LogP contribution < -0.4 is 37.6 Å². The fourth-order valence-corrected chi connectivity index (χ4v) is 13.7. The summed E-state index contributed by atoms with van der Waals surface area (Å²) >= 11 is 0. The normalized spacial score (nSPS) is 25.4. The monoisotopic (exact) mass is 1510 g/mol. The Hall–Kier alpha value is -7.81. The number of hydrogen-bond acceptors (Lipinski definition) is 25. The van der Waals surface area contributed by atoms with Crippen LogP contribution in [-0.4, -0.2) is 265 Å². The number of hydrogen-bond donors (Lipinski definition) is 13. The predicted molar refractivity (Wildman–Crippen MR) is 369 cm³/mol. The molecule has 2 heterocycles. The molecule has 2 saturated carbocycles. The maximum atomic E-state index is 17.9. The zero-order valence-corrected chi connectivity index (χ0v) is 60.6. The molecule has 592 valence electrons. The fraction of sp³-hybridized carbons (Fsp3) is 0.676. The van der Waals surface area contributed by atoms with Crippen molar-refractivity contribution in [3.63, 3.8) is 0 Å². The number of amides is 9. The van der Waals surface area contributed by atoms with Crippen LogP contribution in [0.4, 0.5) is 24.1 Å². The largest absolute Gasteiger partial charge is 0.509 e. The SMILES string of the molecule is CCCC1O[C@@H]2C[C@H]3C[C@@](F)([C@@]4(C)C=CC(=O)C=C4[C@@H](F)CC)[C@@H](O)C[C@]3(C)[C@]2(C(=O)COC(=O)OCc2ccc(NC(=O)[C@H](CCCNC(N)=O)NC(=O)[C@@H](NC(=O)[C@@H](CCC(=O)NC[C@H](O)[C@@H](O)[C@H](O)[C@H](O)CO)NC(=O)CCOCCOCCOCCOCCN3C(=O)C=CC3=O)C(C)C)cc2)O1. The van der Waals surface area contributed by atoms with Crippen LogP contribution in [0, 0.1) is 22.7 Å². The number of benzene rings is 1. The van der Waals surface area contributed by atoms with Gasteiger partial charge in [-0.15, -0.1) is 0 Å². The number of carbonyl (C=O) groups is 11. The van der Waals surface area contributed by atoms with E-state index in [2.05, 4.69) is 31.9 Å². The summed E-state index contributed by atoms with van der Waals surface area (Å²) in [5.41, 5.74) is -1.54.